The molecule has 0 unspecified atom stereocenters. The first-order valence-corrected chi connectivity index (χ1v) is 8.46. The van der Waals surface area contributed by atoms with Crippen LogP contribution in [0, 0.1) is 10.1 Å². The van der Waals surface area contributed by atoms with Crippen LogP contribution in [0.4, 0.5) is 11.4 Å². The van der Waals surface area contributed by atoms with E-state index in [4.69, 9.17) is 11.6 Å². The fourth-order valence-corrected chi connectivity index (χ4v) is 2.93. The van der Waals surface area contributed by atoms with E-state index in [0.717, 1.165) is 42.5 Å². The number of hydrogen-bond donors (Lipinski definition) is 0. The number of anilines is 1. The van der Waals surface area contributed by atoms with Crippen LogP contribution in [-0.4, -0.2) is 41.8 Å². The highest BCUT2D eigenvalue weighted by atomic mass is 35.5. The molecule has 1 aliphatic heterocycles. The highest BCUT2D eigenvalue weighted by molar-refractivity contribution is 6.30. The van der Waals surface area contributed by atoms with Crippen LogP contribution < -0.4 is 4.90 Å². The summed E-state index contributed by atoms with van der Waals surface area (Å²) in [4.78, 5) is 12.6. The van der Waals surface area contributed by atoms with E-state index >= 15 is 0 Å². The SMILES string of the molecule is C/C(=N\N1CCN(c2ccc(Cl)cc2)CC1)c1ccc([N+](=O)[O-])cc1. The van der Waals surface area contributed by atoms with Crippen LogP contribution >= 0.6 is 11.6 Å². The molecule has 0 saturated carbocycles. The second-order valence-electron chi connectivity index (χ2n) is 5.91. The molecule has 1 aliphatic rings. The standard InChI is InChI=1S/C18H19ClN4O2/c1-14(15-2-6-18(7-3-15)23(24)25)20-22-12-10-21(11-13-22)17-8-4-16(19)5-9-17/h2-9H,10-13H2,1H3/b20-14+. The summed E-state index contributed by atoms with van der Waals surface area (Å²) in [5.74, 6) is 0. The van der Waals surface area contributed by atoms with Crippen molar-refractivity contribution >= 4 is 28.7 Å². The van der Waals surface area contributed by atoms with Crippen LogP contribution in [0.15, 0.2) is 53.6 Å². The summed E-state index contributed by atoms with van der Waals surface area (Å²) in [6, 6.07) is 14.4. The molecular formula is C18H19ClN4O2. The Morgan fingerprint density at radius 2 is 1.64 bits per heavy atom. The molecule has 0 bridgehead atoms. The molecule has 3 rings (SSSR count). The maximum atomic E-state index is 10.7. The Hall–Kier alpha value is -2.60. The molecule has 1 fully saturated rings. The first kappa shape index (κ1) is 17.2. The van der Waals surface area contributed by atoms with Crippen molar-refractivity contribution in [3.63, 3.8) is 0 Å². The van der Waals surface area contributed by atoms with Crippen molar-refractivity contribution < 1.29 is 4.92 Å². The fourth-order valence-electron chi connectivity index (χ4n) is 2.80. The van der Waals surface area contributed by atoms with E-state index in [9.17, 15) is 10.1 Å². The molecule has 25 heavy (non-hydrogen) atoms. The molecule has 0 spiro atoms. The highest BCUT2D eigenvalue weighted by Gasteiger charge is 2.16. The van der Waals surface area contributed by atoms with Crippen molar-refractivity contribution in [1.29, 1.82) is 0 Å². The molecule has 0 aliphatic carbocycles. The number of non-ortho nitro benzene ring substituents is 1. The van der Waals surface area contributed by atoms with Crippen molar-refractivity contribution in [2.24, 2.45) is 5.10 Å². The number of halogens is 1. The van der Waals surface area contributed by atoms with Crippen molar-refractivity contribution in [3.05, 3.63) is 69.2 Å². The number of nitro benzene ring substituents is 1. The summed E-state index contributed by atoms with van der Waals surface area (Å²) in [6.45, 7) is 5.35. The zero-order valence-corrected chi connectivity index (χ0v) is 14.7. The van der Waals surface area contributed by atoms with Crippen LogP contribution in [0.1, 0.15) is 12.5 Å². The minimum Gasteiger partial charge on any atom is -0.368 e. The summed E-state index contributed by atoms with van der Waals surface area (Å²) in [7, 11) is 0. The molecule has 2 aromatic rings. The largest absolute Gasteiger partial charge is 0.368 e. The third-order valence-corrected chi connectivity index (χ3v) is 4.49. The lowest BCUT2D eigenvalue weighted by Gasteiger charge is -2.35. The van der Waals surface area contributed by atoms with E-state index in [1.165, 1.54) is 17.8 Å². The van der Waals surface area contributed by atoms with Gasteiger partial charge in [-0.15, -0.1) is 0 Å². The maximum Gasteiger partial charge on any atom is 0.269 e. The minimum absolute atomic E-state index is 0.0909. The van der Waals surface area contributed by atoms with Crippen LogP contribution in [0.3, 0.4) is 0 Å². The summed E-state index contributed by atoms with van der Waals surface area (Å²) < 4.78 is 0. The van der Waals surface area contributed by atoms with Crippen molar-refractivity contribution in [2.45, 2.75) is 6.92 Å². The van der Waals surface area contributed by atoms with Crippen LogP contribution in [0.5, 0.6) is 0 Å². The fraction of sp³-hybridized carbons (Fsp3) is 0.278. The monoisotopic (exact) mass is 358 g/mol. The number of nitrogens with zero attached hydrogens (tertiary/aromatic N) is 4. The third kappa shape index (κ3) is 4.28. The average Bonchev–Trinajstić information content (AvgIpc) is 2.63. The molecule has 0 aromatic heterocycles. The molecule has 6 nitrogen and oxygen atoms in total. The zero-order chi connectivity index (χ0) is 17.8. The van der Waals surface area contributed by atoms with Gasteiger partial charge in [0, 0.05) is 35.9 Å². The van der Waals surface area contributed by atoms with Crippen LogP contribution in [0.2, 0.25) is 5.02 Å². The lowest BCUT2D eigenvalue weighted by molar-refractivity contribution is -0.384. The minimum atomic E-state index is -0.397. The summed E-state index contributed by atoms with van der Waals surface area (Å²) in [5, 5.41) is 18.2. The molecule has 0 amide bonds. The molecular weight excluding hydrogens is 340 g/mol. The quantitative estimate of drug-likeness (QED) is 0.474. The normalized spacial score (nSPS) is 15.4. The molecule has 130 valence electrons. The predicted molar refractivity (Wildman–Crippen MR) is 101 cm³/mol. The van der Waals surface area contributed by atoms with Gasteiger partial charge in [-0.25, -0.2) is 0 Å². The molecule has 1 heterocycles. The van der Waals surface area contributed by atoms with Gasteiger partial charge in [-0.3, -0.25) is 15.1 Å². The van der Waals surface area contributed by atoms with Crippen molar-refractivity contribution in [3.8, 4) is 0 Å². The van der Waals surface area contributed by atoms with Gasteiger partial charge in [-0.05, 0) is 48.9 Å². The first-order valence-electron chi connectivity index (χ1n) is 8.08. The molecule has 0 radical (unpaired) electrons. The van der Waals surface area contributed by atoms with E-state index in [-0.39, 0.29) is 5.69 Å². The predicted octanol–water partition coefficient (Wildman–Crippen LogP) is 3.79. The maximum absolute atomic E-state index is 10.7. The van der Waals surface area contributed by atoms with Crippen molar-refractivity contribution in [2.75, 3.05) is 31.1 Å². The molecule has 2 aromatic carbocycles. The van der Waals surface area contributed by atoms with Gasteiger partial charge in [0.15, 0.2) is 0 Å². The summed E-state index contributed by atoms with van der Waals surface area (Å²) in [5.41, 5.74) is 3.01. The van der Waals surface area contributed by atoms with E-state index < -0.39 is 4.92 Å². The molecule has 7 heteroatoms. The molecule has 1 saturated heterocycles. The Labute approximate surface area is 151 Å². The number of benzene rings is 2. The van der Waals surface area contributed by atoms with Gasteiger partial charge in [0.25, 0.3) is 5.69 Å². The van der Waals surface area contributed by atoms with Gasteiger partial charge < -0.3 is 4.90 Å². The second-order valence-corrected chi connectivity index (χ2v) is 6.34. The Balaban J connectivity index is 1.61. The van der Waals surface area contributed by atoms with E-state index in [1.54, 1.807) is 12.1 Å². The topological polar surface area (TPSA) is 62.0 Å². The van der Waals surface area contributed by atoms with E-state index in [2.05, 4.69) is 10.0 Å². The van der Waals surface area contributed by atoms with Gasteiger partial charge in [0.1, 0.15) is 0 Å². The Bertz CT molecular complexity index is 767. The van der Waals surface area contributed by atoms with Gasteiger partial charge in [0.2, 0.25) is 0 Å². The smallest absolute Gasteiger partial charge is 0.269 e. The number of nitro groups is 1. The first-order chi connectivity index (χ1) is 12.0. The highest BCUT2D eigenvalue weighted by Crippen LogP contribution is 2.20. The van der Waals surface area contributed by atoms with Crippen LogP contribution in [-0.2, 0) is 0 Å². The number of piperazine rings is 1. The van der Waals surface area contributed by atoms with Gasteiger partial charge in [-0.1, -0.05) is 11.6 Å². The van der Waals surface area contributed by atoms with Gasteiger partial charge >= 0.3 is 0 Å². The number of rotatable bonds is 4. The average molecular weight is 359 g/mol. The molecule has 0 N–H and O–H groups in total. The Morgan fingerprint density at radius 1 is 1.04 bits per heavy atom. The summed E-state index contributed by atoms with van der Waals surface area (Å²) >= 11 is 5.93. The zero-order valence-electron chi connectivity index (χ0n) is 13.9. The second kappa shape index (κ2) is 7.53. The molecule has 0 atom stereocenters. The Kier molecular flexibility index (Phi) is 5.19. The van der Waals surface area contributed by atoms with E-state index in [0.29, 0.717) is 0 Å². The summed E-state index contributed by atoms with van der Waals surface area (Å²) in [6.07, 6.45) is 0. The van der Waals surface area contributed by atoms with Gasteiger partial charge in [0.05, 0.1) is 23.7 Å². The lowest BCUT2D eigenvalue weighted by Crippen LogP contribution is -2.44. The number of hydrazone groups is 1. The Morgan fingerprint density at radius 3 is 2.20 bits per heavy atom. The van der Waals surface area contributed by atoms with Crippen molar-refractivity contribution in [1.82, 2.24) is 5.01 Å². The van der Waals surface area contributed by atoms with Gasteiger partial charge in [-0.2, -0.15) is 5.10 Å². The van der Waals surface area contributed by atoms with E-state index in [1.807, 2.05) is 36.2 Å². The van der Waals surface area contributed by atoms with Crippen LogP contribution in [0.25, 0.3) is 0 Å². The number of hydrogen-bond acceptors (Lipinski definition) is 5. The third-order valence-electron chi connectivity index (χ3n) is 4.24. The lowest BCUT2D eigenvalue weighted by atomic mass is 10.1.